The molecule has 2 amide bonds. The Hall–Kier alpha value is -1.75. The fourth-order valence-corrected chi connectivity index (χ4v) is 3.62. The van der Waals surface area contributed by atoms with Crippen LogP contribution in [0.5, 0.6) is 0 Å². The second-order valence-corrected chi connectivity index (χ2v) is 8.07. The highest BCUT2D eigenvalue weighted by Gasteiger charge is 2.26. The van der Waals surface area contributed by atoms with Gasteiger partial charge in [0.05, 0.1) is 6.42 Å². The minimum atomic E-state index is -0.266. The molecule has 0 aliphatic carbocycles. The van der Waals surface area contributed by atoms with Crippen molar-refractivity contribution in [2.75, 3.05) is 24.2 Å². The van der Waals surface area contributed by atoms with Gasteiger partial charge in [-0.25, -0.2) is 0 Å². The van der Waals surface area contributed by atoms with E-state index in [0.29, 0.717) is 12.1 Å². The summed E-state index contributed by atoms with van der Waals surface area (Å²) < 4.78 is 0.227. The van der Waals surface area contributed by atoms with Crippen LogP contribution in [0.25, 0.3) is 0 Å². The van der Waals surface area contributed by atoms with Crippen molar-refractivity contribution in [3.8, 4) is 0 Å². The SMILES string of the molecule is C=CC(=O)Nc1ccccc1CC(=O)N1CCSC(C)(C)CC1. The first kappa shape index (κ1) is 17.6. The Morgan fingerprint density at radius 2 is 2.09 bits per heavy atom. The Labute approximate surface area is 142 Å². The average molecular weight is 332 g/mol. The lowest BCUT2D eigenvalue weighted by Gasteiger charge is -2.23. The van der Waals surface area contributed by atoms with Gasteiger partial charge >= 0.3 is 0 Å². The van der Waals surface area contributed by atoms with E-state index in [2.05, 4.69) is 25.7 Å². The predicted octanol–water partition coefficient (Wildman–Crippen LogP) is 3.10. The number of nitrogens with one attached hydrogen (secondary N) is 1. The van der Waals surface area contributed by atoms with Crippen LogP contribution in [0, 0.1) is 0 Å². The highest BCUT2D eigenvalue weighted by atomic mass is 32.2. The molecule has 0 saturated carbocycles. The van der Waals surface area contributed by atoms with Crippen LogP contribution in [0.4, 0.5) is 5.69 Å². The molecule has 124 valence electrons. The van der Waals surface area contributed by atoms with Gasteiger partial charge < -0.3 is 10.2 Å². The lowest BCUT2D eigenvalue weighted by molar-refractivity contribution is -0.130. The molecule has 1 aliphatic heterocycles. The molecule has 1 aromatic carbocycles. The maximum absolute atomic E-state index is 12.6. The highest BCUT2D eigenvalue weighted by Crippen LogP contribution is 2.31. The zero-order chi connectivity index (χ0) is 16.9. The third-order valence-corrected chi connectivity index (χ3v) is 5.37. The normalized spacial score (nSPS) is 17.2. The van der Waals surface area contributed by atoms with Crippen molar-refractivity contribution in [2.24, 2.45) is 0 Å². The summed E-state index contributed by atoms with van der Waals surface area (Å²) in [6.45, 7) is 9.49. The first-order chi connectivity index (χ1) is 10.9. The number of benzene rings is 1. The van der Waals surface area contributed by atoms with Gasteiger partial charge in [0.15, 0.2) is 0 Å². The summed E-state index contributed by atoms with van der Waals surface area (Å²) in [4.78, 5) is 26.1. The first-order valence-corrected chi connectivity index (χ1v) is 8.83. The number of carbonyl (C=O) groups is 2. The predicted molar refractivity (Wildman–Crippen MR) is 96.7 cm³/mol. The summed E-state index contributed by atoms with van der Waals surface area (Å²) in [5, 5.41) is 2.76. The number of para-hydroxylation sites is 1. The Bertz CT molecular complexity index is 598. The van der Waals surface area contributed by atoms with Crippen LogP contribution in [-0.4, -0.2) is 40.3 Å². The Morgan fingerprint density at radius 1 is 1.35 bits per heavy atom. The molecule has 1 aliphatic rings. The molecule has 1 heterocycles. The molecule has 5 heteroatoms. The topological polar surface area (TPSA) is 49.4 Å². The van der Waals surface area contributed by atoms with Crippen molar-refractivity contribution in [1.82, 2.24) is 4.90 Å². The van der Waals surface area contributed by atoms with Crippen molar-refractivity contribution in [3.63, 3.8) is 0 Å². The number of thioether (sulfide) groups is 1. The number of hydrogen-bond donors (Lipinski definition) is 1. The van der Waals surface area contributed by atoms with Gasteiger partial charge in [0.2, 0.25) is 11.8 Å². The summed E-state index contributed by atoms with van der Waals surface area (Å²) in [5.41, 5.74) is 1.51. The van der Waals surface area contributed by atoms with E-state index in [4.69, 9.17) is 0 Å². The summed E-state index contributed by atoms with van der Waals surface area (Å²) in [6.07, 6.45) is 2.53. The van der Waals surface area contributed by atoms with Crippen molar-refractivity contribution < 1.29 is 9.59 Å². The van der Waals surface area contributed by atoms with Crippen LogP contribution < -0.4 is 5.32 Å². The maximum Gasteiger partial charge on any atom is 0.247 e. The number of anilines is 1. The quantitative estimate of drug-likeness (QED) is 0.862. The van der Waals surface area contributed by atoms with Gasteiger partial charge in [0.25, 0.3) is 0 Å². The molecule has 0 unspecified atom stereocenters. The molecule has 1 N–H and O–H groups in total. The molecule has 0 spiro atoms. The molecule has 23 heavy (non-hydrogen) atoms. The second-order valence-electron chi connectivity index (χ2n) is 6.27. The summed E-state index contributed by atoms with van der Waals surface area (Å²) >= 11 is 1.92. The van der Waals surface area contributed by atoms with Gasteiger partial charge in [-0.2, -0.15) is 11.8 Å². The van der Waals surface area contributed by atoms with Crippen LogP contribution in [0.2, 0.25) is 0 Å². The number of rotatable bonds is 4. The lowest BCUT2D eigenvalue weighted by Crippen LogP contribution is -2.35. The van der Waals surface area contributed by atoms with Gasteiger partial charge in [-0.1, -0.05) is 38.6 Å². The summed E-state index contributed by atoms with van der Waals surface area (Å²) in [5.74, 6) is 0.814. The molecule has 1 fully saturated rings. The molecule has 2 rings (SSSR count). The highest BCUT2D eigenvalue weighted by molar-refractivity contribution is 8.00. The molecule has 4 nitrogen and oxygen atoms in total. The Morgan fingerprint density at radius 3 is 2.83 bits per heavy atom. The monoisotopic (exact) mass is 332 g/mol. The van der Waals surface area contributed by atoms with Gasteiger partial charge in [-0.15, -0.1) is 0 Å². The number of carbonyl (C=O) groups excluding carboxylic acids is 2. The molecule has 0 bridgehead atoms. The molecule has 0 radical (unpaired) electrons. The zero-order valence-corrected chi connectivity index (χ0v) is 14.6. The van der Waals surface area contributed by atoms with Gasteiger partial charge in [0, 0.05) is 29.3 Å². The minimum Gasteiger partial charge on any atom is -0.342 e. The Kier molecular flexibility index (Phi) is 5.88. The fraction of sp³-hybridized carbons (Fsp3) is 0.444. The van der Waals surface area contributed by atoms with Crippen molar-refractivity contribution >= 4 is 29.3 Å². The second kappa shape index (κ2) is 7.68. The van der Waals surface area contributed by atoms with Crippen LogP contribution in [0.15, 0.2) is 36.9 Å². The van der Waals surface area contributed by atoms with E-state index < -0.39 is 0 Å². The van der Waals surface area contributed by atoms with Gasteiger partial charge in [-0.3, -0.25) is 9.59 Å². The summed E-state index contributed by atoms with van der Waals surface area (Å²) in [6, 6.07) is 7.42. The van der Waals surface area contributed by atoms with Crippen molar-refractivity contribution in [3.05, 3.63) is 42.5 Å². The third kappa shape index (κ3) is 5.13. The van der Waals surface area contributed by atoms with Gasteiger partial charge in [0.1, 0.15) is 0 Å². The number of amides is 2. The molecular weight excluding hydrogens is 308 g/mol. The average Bonchev–Trinajstić information content (AvgIpc) is 2.70. The Balaban J connectivity index is 2.05. The minimum absolute atomic E-state index is 0.114. The van der Waals surface area contributed by atoms with E-state index in [9.17, 15) is 9.59 Å². The van der Waals surface area contributed by atoms with E-state index in [0.717, 1.165) is 30.8 Å². The van der Waals surface area contributed by atoms with E-state index in [1.54, 1.807) is 0 Å². The molecule has 1 saturated heterocycles. The first-order valence-electron chi connectivity index (χ1n) is 7.84. The smallest absolute Gasteiger partial charge is 0.247 e. The van der Waals surface area contributed by atoms with Crippen LogP contribution in [-0.2, 0) is 16.0 Å². The van der Waals surface area contributed by atoms with E-state index in [-0.39, 0.29) is 16.6 Å². The van der Waals surface area contributed by atoms with Crippen LogP contribution >= 0.6 is 11.8 Å². The number of hydrogen-bond acceptors (Lipinski definition) is 3. The molecule has 0 atom stereocenters. The lowest BCUT2D eigenvalue weighted by atomic mass is 10.1. The van der Waals surface area contributed by atoms with E-state index in [1.807, 2.05) is 40.9 Å². The third-order valence-electron chi connectivity index (χ3n) is 3.99. The zero-order valence-electron chi connectivity index (χ0n) is 13.8. The molecular formula is C18H24N2O2S. The molecule has 0 aromatic heterocycles. The standard InChI is InChI=1S/C18H24N2O2S/c1-4-16(21)19-15-8-6-5-7-14(15)13-17(22)20-10-9-18(2,3)23-12-11-20/h4-8H,1,9-13H2,2-3H3,(H,19,21). The summed E-state index contributed by atoms with van der Waals surface area (Å²) in [7, 11) is 0. The fourth-order valence-electron chi connectivity index (χ4n) is 2.52. The number of nitrogens with zero attached hydrogens (tertiary/aromatic N) is 1. The maximum atomic E-state index is 12.6. The van der Waals surface area contributed by atoms with Crippen LogP contribution in [0.3, 0.4) is 0 Å². The van der Waals surface area contributed by atoms with Crippen molar-refractivity contribution in [1.29, 1.82) is 0 Å². The molecule has 1 aromatic rings. The van der Waals surface area contributed by atoms with Crippen LogP contribution in [0.1, 0.15) is 25.8 Å². The van der Waals surface area contributed by atoms with E-state index in [1.165, 1.54) is 6.08 Å². The van der Waals surface area contributed by atoms with Gasteiger partial charge in [-0.05, 0) is 24.1 Å². The van der Waals surface area contributed by atoms with Crippen molar-refractivity contribution in [2.45, 2.75) is 31.4 Å². The van der Waals surface area contributed by atoms with E-state index >= 15 is 0 Å². The largest absolute Gasteiger partial charge is 0.342 e.